The zero-order chi connectivity index (χ0) is 21.5. The standard InChI is InChI=1S/C21H30N4O5/c1-14-11-18(30-24-14)17(12-20(27)28)23-21(29)16-3-2-10-25(13-16)19(26)5-4-15-6-8-22-9-7-15/h6,11,16-17,22H,2-5,7-10,12-13H2,1H3,(H,23,29)(H,27,28)/t16-,17?/m1/s1. The van der Waals surface area contributed by atoms with Gasteiger partial charge >= 0.3 is 5.97 Å². The van der Waals surface area contributed by atoms with Gasteiger partial charge in [0.15, 0.2) is 5.76 Å². The van der Waals surface area contributed by atoms with Crippen LogP contribution in [0.25, 0.3) is 0 Å². The smallest absolute Gasteiger partial charge is 0.305 e. The monoisotopic (exact) mass is 418 g/mol. The summed E-state index contributed by atoms with van der Waals surface area (Å²) in [6.07, 6.45) is 5.48. The van der Waals surface area contributed by atoms with E-state index >= 15 is 0 Å². The molecule has 30 heavy (non-hydrogen) atoms. The fourth-order valence-electron chi connectivity index (χ4n) is 3.97. The van der Waals surface area contributed by atoms with Gasteiger partial charge in [-0.3, -0.25) is 14.4 Å². The third-order valence-electron chi connectivity index (χ3n) is 5.65. The van der Waals surface area contributed by atoms with E-state index in [-0.39, 0.29) is 24.2 Å². The van der Waals surface area contributed by atoms with Gasteiger partial charge in [0.1, 0.15) is 6.04 Å². The lowest BCUT2D eigenvalue weighted by Gasteiger charge is -2.33. The lowest BCUT2D eigenvalue weighted by Crippen LogP contribution is -2.46. The van der Waals surface area contributed by atoms with Crippen molar-refractivity contribution in [2.75, 3.05) is 26.2 Å². The van der Waals surface area contributed by atoms with E-state index in [0.717, 1.165) is 32.4 Å². The largest absolute Gasteiger partial charge is 0.481 e. The van der Waals surface area contributed by atoms with Crippen LogP contribution in [0.5, 0.6) is 0 Å². The van der Waals surface area contributed by atoms with Crippen molar-refractivity contribution in [3.05, 3.63) is 29.2 Å². The van der Waals surface area contributed by atoms with Crippen molar-refractivity contribution in [1.82, 2.24) is 20.7 Å². The van der Waals surface area contributed by atoms with E-state index in [1.807, 2.05) is 0 Å². The number of amides is 2. The Morgan fingerprint density at radius 2 is 2.27 bits per heavy atom. The third kappa shape index (κ3) is 6.16. The Kier molecular flexibility index (Phi) is 7.62. The molecule has 2 aliphatic heterocycles. The van der Waals surface area contributed by atoms with Crippen molar-refractivity contribution in [2.24, 2.45) is 5.92 Å². The maximum atomic E-state index is 12.8. The summed E-state index contributed by atoms with van der Waals surface area (Å²) >= 11 is 0. The van der Waals surface area contributed by atoms with Crippen molar-refractivity contribution in [1.29, 1.82) is 0 Å². The summed E-state index contributed by atoms with van der Waals surface area (Å²) in [7, 11) is 0. The minimum atomic E-state index is -1.04. The number of carboxylic acids is 1. The van der Waals surface area contributed by atoms with Crippen LogP contribution in [0.4, 0.5) is 0 Å². The Balaban J connectivity index is 1.55. The number of hydrogen-bond donors (Lipinski definition) is 3. The first-order valence-corrected chi connectivity index (χ1v) is 10.5. The lowest BCUT2D eigenvalue weighted by molar-refractivity contribution is -0.138. The van der Waals surface area contributed by atoms with Crippen LogP contribution in [0.1, 0.15) is 56.0 Å². The maximum Gasteiger partial charge on any atom is 0.305 e. The first-order valence-electron chi connectivity index (χ1n) is 10.5. The zero-order valence-electron chi connectivity index (χ0n) is 17.4. The number of aromatic nitrogens is 1. The second-order valence-corrected chi connectivity index (χ2v) is 8.03. The minimum absolute atomic E-state index is 0.0693. The molecular formula is C21H30N4O5. The van der Waals surface area contributed by atoms with Gasteiger partial charge in [-0.05, 0) is 39.2 Å². The summed E-state index contributed by atoms with van der Waals surface area (Å²) in [6, 6.07) is 0.842. The molecule has 164 valence electrons. The molecule has 0 aromatic carbocycles. The fourth-order valence-corrected chi connectivity index (χ4v) is 3.97. The number of likely N-dealkylation sites (tertiary alicyclic amines) is 1. The Bertz CT molecular complexity index is 803. The Hall–Kier alpha value is -2.68. The Labute approximate surface area is 175 Å². The van der Waals surface area contributed by atoms with Crippen LogP contribution in [0.3, 0.4) is 0 Å². The van der Waals surface area contributed by atoms with Crippen molar-refractivity contribution >= 4 is 17.8 Å². The highest BCUT2D eigenvalue weighted by Gasteiger charge is 2.31. The molecule has 2 amide bonds. The van der Waals surface area contributed by atoms with Gasteiger partial charge < -0.3 is 25.2 Å². The van der Waals surface area contributed by atoms with Crippen LogP contribution in [0.15, 0.2) is 22.2 Å². The first kappa shape index (κ1) is 22.0. The highest BCUT2D eigenvalue weighted by atomic mass is 16.5. The van der Waals surface area contributed by atoms with Crippen LogP contribution in [-0.2, 0) is 14.4 Å². The molecule has 1 unspecified atom stereocenters. The number of rotatable bonds is 8. The predicted octanol–water partition coefficient (Wildman–Crippen LogP) is 1.55. The number of carboxylic acid groups (broad SMARTS) is 1. The molecule has 3 heterocycles. The lowest BCUT2D eigenvalue weighted by atomic mass is 9.95. The van der Waals surface area contributed by atoms with Crippen LogP contribution in [0.2, 0.25) is 0 Å². The predicted molar refractivity (Wildman–Crippen MR) is 108 cm³/mol. The van der Waals surface area contributed by atoms with E-state index < -0.39 is 12.0 Å². The van der Waals surface area contributed by atoms with Crippen LogP contribution in [-0.4, -0.2) is 59.1 Å². The molecule has 3 rings (SSSR count). The quantitative estimate of drug-likeness (QED) is 0.547. The van der Waals surface area contributed by atoms with Crippen LogP contribution < -0.4 is 10.6 Å². The summed E-state index contributed by atoms with van der Waals surface area (Å²) in [4.78, 5) is 38.5. The molecule has 9 nitrogen and oxygen atoms in total. The summed E-state index contributed by atoms with van der Waals surface area (Å²) in [5.74, 6) is -1.26. The summed E-state index contributed by atoms with van der Waals surface area (Å²) in [6.45, 7) is 4.56. The molecule has 0 saturated carbocycles. The number of nitrogens with zero attached hydrogens (tertiary/aromatic N) is 2. The van der Waals surface area contributed by atoms with E-state index in [0.29, 0.717) is 37.4 Å². The third-order valence-corrected chi connectivity index (χ3v) is 5.65. The second-order valence-electron chi connectivity index (χ2n) is 8.03. The van der Waals surface area contributed by atoms with Gasteiger partial charge in [-0.25, -0.2) is 0 Å². The average molecular weight is 418 g/mol. The van der Waals surface area contributed by atoms with Gasteiger partial charge in [0.2, 0.25) is 11.8 Å². The SMILES string of the molecule is Cc1cc(C(CC(=O)O)NC(=O)[C@@H]2CCCN(C(=O)CCC3=CCNCC3)C2)on1. The minimum Gasteiger partial charge on any atom is -0.481 e. The van der Waals surface area contributed by atoms with Crippen molar-refractivity contribution in [2.45, 2.75) is 51.5 Å². The number of carbonyl (C=O) groups is 3. The van der Waals surface area contributed by atoms with Gasteiger partial charge in [0.05, 0.1) is 18.0 Å². The van der Waals surface area contributed by atoms with Crippen molar-refractivity contribution in [3.8, 4) is 0 Å². The van der Waals surface area contributed by atoms with Gasteiger partial charge in [-0.15, -0.1) is 0 Å². The molecule has 0 spiro atoms. The first-order chi connectivity index (χ1) is 14.4. The van der Waals surface area contributed by atoms with Crippen LogP contribution in [0, 0.1) is 12.8 Å². The number of piperidine rings is 1. The number of hydrogen-bond acceptors (Lipinski definition) is 6. The van der Waals surface area contributed by atoms with Crippen molar-refractivity contribution < 1.29 is 24.0 Å². The summed E-state index contributed by atoms with van der Waals surface area (Å²) in [5, 5.41) is 19.0. The molecular weight excluding hydrogens is 388 g/mol. The molecule has 1 aromatic heterocycles. The highest BCUT2D eigenvalue weighted by Crippen LogP contribution is 2.23. The van der Waals surface area contributed by atoms with Gasteiger partial charge in [-0.2, -0.15) is 0 Å². The Morgan fingerprint density at radius 3 is 2.93 bits per heavy atom. The molecule has 0 bridgehead atoms. The normalized spacial score (nSPS) is 20.4. The molecule has 0 radical (unpaired) electrons. The summed E-state index contributed by atoms with van der Waals surface area (Å²) < 4.78 is 5.16. The summed E-state index contributed by atoms with van der Waals surface area (Å²) in [5.41, 5.74) is 1.93. The zero-order valence-corrected chi connectivity index (χ0v) is 17.4. The molecule has 2 aliphatic rings. The molecule has 1 aromatic rings. The number of aryl methyl sites for hydroxylation is 1. The topological polar surface area (TPSA) is 125 Å². The highest BCUT2D eigenvalue weighted by molar-refractivity contribution is 5.82. The van der Waals surface area contributed by atoms with Gasteiger partial charge in [-0.1, -0.05) is 16.8 Å². The molecule has 0 aliphatic carbocycles. The van der Waals surface area contributed by atoms with Crippen LogP contribution >= 0.6 is 0 Å². The van der Waals surface area contributed by atoms with E-state index in [4.69, 9.17) is 4.52 Å². The molecule has 9 heteroatoms. The van der Waals surface area contributed by atoms with E-state index in [2.05, 4.69) is 21.9 Å². The molecule has 1 fully saturated rings. The molecule has 3 N–H and O–H groups in total. The van der Waals surface area contributed by atoms with Crippen molar-refractivity contribution in [3.63, 3.8) is 0 Å². The van der Waals surface area contributed by atoms with E-state index in [1.165, 1.54) is 5.57 Å². The average Bonchev–Trinajstić information content (AvgIpc) is 3.18. The molecule has 2 atom stereocenters. The number of carbonyl (C=O) groups excluding carboxylic acids is 2. The number of nitrogens with one attached hydrogen (secondary N) is 2. The Morgan fingerprint density at radius 1 is 1.43 bits per heavy atom. The molecule has 1 saturated heterocycles. The van der Waals surface area contributed by atoms with Gasteiger partial charge in [0.25, 0.3) is 0 Å². The van der Waals surface area contributed by atoms with E-state index in [9.17, 15) is 19.5 Å². The fraction of sp³-hybridized carbons (Fsp3) is 0.619. The van der Waals surface area contributed by atoms with E-state index in [1.54, 1.807) is 17.9 Å². The second kappa shape index (κ2) is 10.4. The maximum absolute atomic E-state index is 12.8. The van der Waals surface area contributed by atoms with Gasteiger partial charge in [0, 0.05) is 32.1 Å². The number of aliphatic carboxylic acids is 1.